The summed E-state index contributed by atoms with van der Waals surface area (Å²) in [7, 11) is 0. The molecule has 3 nitrogen and oxygen atoms in total. The highest BCUT2D eigenvalue weighted by atomic mass is 35.5. The summed E-state index contributed by atoms with van der Waals surface area (Å²) in [5.41, 5.74) is 1.52. The molecule has 0 aliphatic heterocycles. The van der Waals surface area contributed by atoms with Crippen molar-refractivity contribution in [3.05, 3.63) is 70.3 Å². The average molecular weight is 333 g/mol. The zero-order valence-electron chi connectivity index (χ0n) is 11.2. The maximum atomic E-state index is 13.7. The van der Waals surface area contributed by atoms with Gasteiger partial charge in [0, 0.05) is 10.9 Å². The molecule has 1 amide bonds. The molecule has 0 atom stereocenters. The largest absolute Gasteiger partial charge is 0.298 e. The standard InChI is InChI=1S/C16H10ClFN2OS/c17-11-7-4-8-12(18)14(11)15(21)20-16-19-13(9-22-16)10-5-2-1-3-6-10/h1-9H,(H,19,20,21). The quantitative estimate of drug-likeness (QED) is 0.744. The summed E-state index contributed by atoms with van der Waals surface area (Å²) in [4.78, 5) is 16.5. The minimum Gasteiger partial charge on any atom is -0.298 e. The van der Waals surface area contributed by atoms with Crippen LogP contribution in [-0.2, 0) is 0 Å². The highest BCUT2D eigenvalue weighted by molar-refractivity contribution is 7.14. The van der Waals surface area contributed by atoms with Crippen LogP contribution < -0.4 is 5.32 Å². The number of hydrogen-bond acceptors (Lipinski definition) is 3. The molecule has 0 radical (unpaired) electrons. The zero-order chi connectivity index (χ0) is 15.5. The molecule has 2 aromatic carbocycles. The lowest BCUT2D eigenvalue weighted by atomic mass is 10.2. The summed E-state index contributed by atoms with van der Waals surface area (Å²) in [6.45, 7) is 0. The Bertz CT molecular complexity index is 800. The van der Waals surface area contributed by atoms with Gasteiger partial charge in [-0.2, -0.15) is 0 Å². The van der Waals surface area contributed by atoms with E-state index in [1.54, 1.807) is 0 Å². The number of carbonyl (C=O) groups is 1. The Morgan fingerprint density at radius 1 is 1.14 bits per heavy atom. The van der Waals surface area contributed by atoms with Crippen molar-refractivity contribution in [1.29, 1.82) is 0 Å². The summed E-state index contributed by atoms with van der Waals surface area (Å²) in [5.74, 6) is -1.28. The lowest BCUT2D eigenvalue weighted by Gasteiger charge is -2.05. The Hall–Kier alpha value is -2.24. The van der Waals surface area contributed by atoms with E-state index in [1.807, 2.05) is 35.7 Å². The molecule has 3 rings (SSSR count). The minimum absolute atomic E-state index is 0.0670. The van der Waals surface area contributed by atoms with Gasteiger partial charge in [-0.05, 0) is 12.1 Å². The van der Waals surface area contributed by atoms with Crippen molar-refractivity contribution < 1.29 is 9.18 Å². The van der Waals surface area contributed by atoms with E-state index >= 15 is 0 Å². The van der Waals surface area contributed by atoms with E-state index in [-0.39, 0.29) is 10.6 Å². The van der Waals surface area contributed by atoms with Gasteiger partial charge in [0.1, 0.15) is 5.82 Å². The average Bonchev–Trinajstić information content (AvgIpc) is 2.96. The van der Waals surface area contributed by atoms with Crippen LogP contribution in [0.4, 0.5) is 9.52 Å². The zero-order valence-corrected chi connectivity index (χ0v) is 12.8. The van der Waals surface area contributed by atoms with Gasteiger partial charge in [0.15, 0.2) is 5.13 Å². The Morgan fingerprint density at radius 2 is 1.91 bits per heavy atom. The van der Waals surface area contributed by atoms with Gasteiger partial charge in [-0.3, -0.25) is 10.1 Å². The van der Waals surface area contributed by atoms with Crippen LogP contribution in [0.5, 0.6) is 0 Å². The molecule has 0 aliphatic rings. The topological polar surface area (TPSA) is 42.0 Å². The summed E-state index contributed by atoms with van der Waals surface area (Å²) >= 11 is 7.14. The molecular formula is C16H10ClFN2OS. The van der Waals surface area contributed by atoms with Gasteiger partial charge in [0.2, 0.25) is 0 Å². The molecule has 0 fully saturated rings. The summed E-state index contributed by atoms with van der Waals surface area (Å²) in [6.07, 6.45) is 0. The highest BCUT2D eigenvalue weighted by Gasteiger charge is 2.17. The fourth-order valence-corrected chi connectivity index (χ4v) is 2.91. The number of nitrogens with zero attached hydrogens (tertiary/aromatic N) is 1. The summed E-state index contributed by atoms with van der Waals surface area (Å²) in [5, 5.41) is 4.86. The second-order valence-electron chi connectivity index (χ2n) is 4.45. The van der Waals surface area contributed by atoms with Crippen molar-refractivity contribution >= 4 is 34.0 Å². The number of halogens is 2. The predicted octanol–water partition coefficient (Wildman–Crippen LogP) is 4.85. The molecule has 0 spiro atoms. The van der Waals surface area contributed by atoms with Crippen molar-refractivity contribution in [2.24, 2.45) is 0 Å². The van der Waals surface area contributed by atoms with Crippen molar-refractivity contribution in [1.82, 2.24) is 4.98 Å². The monoisotopic (exact) mass is 332 g/mol. The summed E-state index contributed by atoms with van der Waals surface area (Å²) < 4.78 is 13.7. The molecule has 22 heavy (non-hydrogen) atoms. The van der Waals surface area contributed by atoms with Crippen LogP contribution in [0.1, 0.15) is 10.4 Å². The number of hydrogen-bond donors (Lipinski definition) is 1. The van der Waals surface area contributed by atoms with E-state index in [2.05, 4.69) is 10.3 Å². The first-order chi connectivity index (χ1) is 10.6. The van der Waals surface area contributed by atoms with Crippen LogP contribution in [0.25, 0.3) is 11.3 Å². The van der Waals surface area contributed by atoms with E-state index in [1.165, 1.54) is 29.5 Å². The SMILES string of the molecule is O=C(Nc1nc(-c2ccccc2)cs1)c1c(F)cccc1Cl. The van der Waals surface area contributed by atoms with Gasteiger partial charge in [0.05, 0.1) is 16.3 Å². The van der Waals surface area contributed by atoms with Crippen LogP contribution >= 0.6 is 22.9 Å². The fraction of sp³-hybridized carbons (Fsp3) is 0. The molecule has 1 aromatic heterocycles. The smallest absolute Gasteiger partial charge is 0.261 e. The van der Waals surface area contributed by atoms with Crippen LogP contribution in [0.3, 0.4) is 0 Å². The third kappa shape index (κ3) is 3.00. The number of aromatic nitrogens is 1. The van der Waals surface area contributed by atoms with E-state index in [4.69, 9.17) is 11.6 Å². The Labute approximate surface area is 135 Å². The maximum absolute atomic E-state index is 13.7. The molecule has 1 heterocycles. The van der Waals surface area contributed by atoms with Crippen molar-refractivity contribution in [2.75, 3.05) is 5.32 Å². The van der Waals surface area contributed by atoms with Crippen LogP contribution in [-0.4, -0.2) is 10.9 Å². The number of thiazole rings is 1. The van der Waals surface area contributed by atoms with Crippen molar-refractivity contribution in [3.8, 4) is 11.3 Å². The Balaban J connectivity index is 1.82. The van der Waals surface area contributed by atoms with Gasteiger partial charge in [-0.25, -0.2) is 9.37 Å². The van der Waals surface area contributed by atoms with Gasteiger partial charge in [0.25, 0.3) is 5.91 Å². The summed E-state index contributed by atoms with van der Waals surface area (Å²) in [6, 6.07) is 13.7. The van der Waals surface area contributed by atoms with Gasteiger partial charge < -0.3 is 0 Å². The van der Waals surface area contributed by atoms with Crippen LogP contribution in [0.15, 0.2) is 53.9 Å². The van der Waals surface area contributed by atoms with Crippen molar-refractivity contribution in [2.45, 2.75) is 0 Å². The number of anilines is 1. The van der Waals surface area contributed by atoms with Crippen molar-refractivity contribution in [3.63, 3.8) is 0 Å². The van der Waals surface area contributed by atoms with Gasteiger partial charge in [-0.15, -0.1) is 11.3 Å². The van der Waals surface area contributed by atoms with Gasteiger partial charge in [-0.1, -0.05) is 48.0 Å². The highest BCUT2D eigenvalue weighted by Crippen LogP contribution is 2.26. The minimum atomic E-state index is -0.662. The van der Waals surface area contributed by atoms with Gasteiger partial charge >= 0.3 is 0 Å². The third-order valence-electron chi connectivity index (χ3n) is 2.98. The maximum Gasteiger partial charge on any atom is 0.261 e. The second-order valence-corrected chi connectivity index (χ2v) is 5.72. The normalized spacial score (nSPS) is 10.5. The Morgan fingerprint density at radius 3 is 2.64 bits per heavy atom. The molecule has 6 heteroatoms. The second kappa shape index (κ2) is 6.25. The predicted molar refractivity (Wildman–Crippen MR) is 86.9 cm³/mol. The molecule has 110 valence electrons. The van der Waals surface area contributed by atoms with Crippen LogP contribution in [0.2, 0.25) is 5.02 Å². The molecule has 0 saturated heterocycles. The number of amides is 1. The fourth-order valence-electron chi connectivity index (χ4n) is 1.95. The lowest BCUT2D eigenvalue weighted by Crippen LogP contribution is -2.14. The number of rotatable bonds is 3. The van der Waals surface area contributed by atoms with Crippen LogP contribution in [0, 0.1) is 5.82 Å². The first-order valence-corrected chi connectivity index (χ1v) is 7.67. The molecule has 1 N–H and O–H groups in total. The number of carbonyl (C=O) groups excluding carboxylic acids is 1. The lowest BCUT2D eigenvalue weighted by molar-refractivity contribution is 0.102. The molecular weight excluding hydrogens is 323 g/mol. The molecule has 0 bridgehead atoms. The first kappa shape index (κ1) is 14.7. The molecule has 0 unspecified atom stereocenters. The first-order valence-electron chi connectivity index (χ1n) is 6.41. The molecule has 3 aromatic rings. The van der Waals surface area contributed by atoms with E-state index in [0.717, 1.165) is 11.3 Å². The Kier molecular flexibility index (Phi) is 4.18. The number of nitrogens with one attached hydrogen (secondary N) is 1. The van der Waals surface area contributed by atoms with E-state index in [0.29, 0.717) is 5.13 Å². The third-order valence-corrected chi connectivity index (χ3v) is 4.06. The van der Waals surface area contributed by atoms with E-state index in [9.17, 15) is 9.18 Å². The molecule has 0 saturated carbocycles. The number of benzene rings is 2. The van der Waals surface area contributed by atoms with E-state index < -0.39 is 11.7 Å². The molecule has 0 aliphatic carbocycles.